The quantitative estimate of drug-likeness (QED) is 0.612. The number of carbonyl (C=O) groups is 1. The summed E-state index contributed by atoms with van der Waals surface area (Å²) in [5, 5.41) is 12.1. The van der Waals surface area contributed by atoms with Gasteiger partial charge in [-0.3, -0.25) is 14.2 Å². The Morgan fingerprint density at radius 3 is 2.58 bits per heavy atom. The molecule has 1 aromatic heterocycles. The predicted molar refractivity (Wildman–Crippen MR) is 117 cm³/mol. The van der Waals surface area contributed by atoms with Crippen LogP contribution in [0.25, 0.3) is 11.4 Å². The van der Waals surface area contributed by atoms with E-state index in [9.17, 15) is 19.1 Å². The van der Waals surface area contributed by atoms with E-state index in [1.807, 2.05) is 32.0 Å². The van der Waals surface area contributed by atoms with E-state index in [1.165, 1.54) is 28.3 Å². The van der Waals surface area contributed by atoms with Gasteiger partial charge in [0.25, 0.3) is 5.56 Å². The summed E-state index contributed by atoms with van der Waals surface area (Å²) in [4.78, 5) is 30.2. The van der Waals surface area contributed by atoms with Gasteiger partial charge in [-0.2, -0.15) is 0 Å². The van der Waals surface area contributed by atoms with Gasteiger partial charge in [0.05, 0.1) is 0 Å². The number of halogens is 1. The van der Waals surface area contributed by atoms with Crippen LogP contribution in [0, 0.1) is 26.6 Å². The molecule has 0 fully saturated rings. The highest BCUT2D eigenvalue weighted by atomic mass is 19.1. The number of aryl methyl sites for hydroxylation is 3. The van der Waals surface area contributed by atoms with Gasteiger partial charge >= 0.3 is 0 Å². The summed E-state index contributed by atoms with van der Waals surface area (Å²) in [7, 11) is 0. The van der Waals surface area contributed by atoms with Gasteiger partial charge in [0.1, 0.15) is 18.2 Å². The number of hydrogen-bond acceptors (Lipinski definition) is 4. The van der Waals surface area contributed by atoms with Gasteiger partial charge < -0.3 is 10.4 Å². The molecule has 1 heterocycles. The van der Waals surface area contributed by atoms with Gasteiger partial charge in [-0.25, -0.2) is 9.37 Å². The highest BCUT2D eigenvalue weighted by Crippen LogP contribution is 2.19. The standard InChI is InChI=1S/C24H26FN3O3/c1-15-7-8-18(11-16(15)2)13-26-22(30)14-28-23(19-5-4-6-20(25)12-19)27-17(3)21(9-10-29)24(28)31/h4-8,11-12,29H,9-10,13-14H2,1-3H3,(H,26,30). The van der Waals surface area contributed by atoms with Crippen LogP contribution < -0.4 is 10.9 Å². The average Bonchev–Trinajstić information content (AvgIpc) is 2.74. The van der Waals surface area contributed by atoms with E-state index in [-0.39, 0.29) is 31.3 Å². The molecular weight excluding hydrogens is 397 g/mol. The zero-order valence-corrected chi connectivity index (χ0v) is 17.9. The van der Waals surface area contributed by atoms with Crippen molar-refractivity contribution in [2.24, 2.45) is 0 Å². The second-order valence-corrected chi connectivity index (χ2v) is 7.57. The highest BCUT2D eigenvalue weighted by molar-refractivity contribution is 5.76. The molecule has 3 rings (SSSR count). The van der Waals surface area contributed by atoms with Crippen molar-refractivity contribution >= 4 is 5.91 Å². The first-order chi connectivity index (χ1) is 14.8. The lowest BCUT2D eigenvalue weighted by Crippen LogP contribution is -2.35. The summed E-state index contributed by atoms with van der Waals surface area (Å²) < 4.78 is 15.0. The summed E-state index contributed by atoms with van der Waals surface area (Å²) in [5.74, 6) is -0.613. The molecule has 2 N–H and O–H groups in total. The number of nitrogens with zero attached hydrogens (tertiary/aromatic N) is 2. The molecule has 7 heteroatoms. The molecule has 0 saturated carbocycles. The number of aliphatic hydroxyl groups is 1. The minimum Gasteiger partial charge on any atom is -0.396 e. The van der Waals surface area contributed by atoms with Crippen LogP contribution in [0.2, 0.25) is 0 Å². The predicted octanol–water partition coefficient (Wildman–Crippen LogP) is 2.83. The second-order valence-electron chi connectivity index (χ2n) is 7.57. The zero-order chi connectivity index (χ0) is 22.5. The first-order valence-corrected chi connectivity index (χ1v) is 10.1. The monoisotopic (exact) mass is 423 g/mol. The van der Waals surface area contributed by atoms with E-state index in [4.69, 9.17) is 0 Å². The van der Waals surface area contributed by atoms with Crippen LogP contribution in [-0.2, 0) is 24.3 Å². The maximum atomic E-state index is 13.8. The van der Waals surface area contributed by atoms with Crippen molar-refractivity contribution in [3.05, 3.63) is 86.6 Å². The lowest BCUT2D eigenvalue weighted by molar-refractivity contribution is -0.121. The van der Waals surface area contributed by atoms with E-state index in [0.29, 0.717) is 23.4 Å². The molecule has 6 nitrogen and oxygen atoms in total. The summed E-state index contributed by atoms with van der Waals surface area (Å²) in [6.45, 7) is 5.54. The molecule has 162 valence electrons. The van der Waals surface area contributed by atoms with E-state index >= 15 is 0 Å². The lowest BCUT2D eigenvalue weighted by Gasteiger charge is -2.16. The van der Waals surface area contributed by atoms with Crippen molar-refractivity contribution in [1.82, 2.24) is 14.9 Å². The van der Waals surface area contributed by atoms with Crippen molar-refractivity contribution in [2.45, 2.75) is 40.3 Å². The van der Waals surface area contributed by atoms with Crippen molar-refractivity contribution in [1.29, 1.82) is 0 Å². The summed E-state index contributed by atoms with van der Waals surface area (Å²) in [6, 6.07) is 11.7. The first-order valence-electron chi connectivity index (χ1n) is 10.1. The smallest absolute Gasteiger partial charge is 0.257 e. The van der Waals surface area contributed by atoms with Crippen LogP contribution in [0.5, 0.6) is 0 Å². The van der Waals surface area contributed by atoms with Crippen LogP contribution in [0.1, 0.15) is 27.9 Å². The first kappa shape index (κ1) is 22.4. The Bertz CT molecular complexity index is 1170. The van der Waals surface area contributed by atoms with Gasteiger partial charge in [0.2, 0.25) is 5.91 Å². The van der Waals surface area contributed by atoms with Gasteiger partial charge in [0, 0.05) is 36.4 Å². The molecule has 3 aromatic rings. The Labute approximate surface area is 180 Å². The molecular formula is C24H26FN3O3. The SMILES string of the molecule is Cc1ccc(CNC(=O)Cn2c(-c3cccc(F)c3)nc(C)c(CCO)c2=O)cc1C. The van der Waals surface area contributed by atoms with Gasteiger partial charge in [-0.05, 0) is 49.6 Å². The maximum Gasteiger partial charge on any atom is 0.257 e. The number of amides is 1. The third-order valence-electron chi connectivity index (χ3n) is 5.28. The molecule has 0 aliphatic heterocycles. The van der Waals surface area contributed by atoms with Crippen molar-refractivity contribution in [3.8, 4) is 11.4 Å². The fraction of sp³-hybridized carbons (Fsp3) is 0.292. The van der Waals surface area contributed by atoms with Crippen molar-refractivity contribution < 1.29 is 14.3 Å². The topological polar surface area (TPSA) is 84.2 Å². The molecule has 0 bridgehead atoms. The molecule has 0 unspecified atom stereocenters. The number of aromatic nitrogens is 2. The fourth-order valence-electron chi connectivity index (χ4n) is 3.41. The Balaban J connectivity index is 1.92. The summed E-state index contributed by atoms with van der Waals surface area (Å²) in [5.41, 5.74) is 4.03. The number of nitrogens with one attached hydrogen (secondary N) is 1. The molecule has 31 heavy (non-hydrogen) atoms. The van der Waals surface area contributed by atoms with Gasteiger partial charge in [-0.1, -0.05) is 30.3 Å². The number of rotatable bonds is 7. The third-order valence-corrected chi connectivity index (χ3v) is 5.28. The Hall–Kier alpha value is -3.32. The van der Waals surface area contributed by atoms with Crippen LogP contribution in [0.15, 0.2) is 47.3 Å². The summed E-state index contributed by atoms with van der Waals surface area (Å²) in [6.07, 6.45) is 0.130. The second kappa shape index (κ2) is 9.66. The minimum absolute atomic E-state index is 0.130. The fourth-order valence-corrected chi connectivity index (χ4v) is 3.41. The van der Waals surface area contributed by atoms with Crippen molar-refractivity contribution in [3.63, 3.8) is 0 Å². The molecule has 0 aliphatic rings. The molecule has 0 atom stereocenters. The van der Waals surface area contributed by atoms with E-state index in [1.54, 1.807) is 13.0 Å². The van der Waals surface area contributed by atoms with Crippen LogP contribution >= 0.6 is 0 Å². The van der Waals surface area contributed by atoms with Gasteiger partial charge in [0.15, 0.2) is 0 Å². The molecule has 0 radical (unpaired) electrons. The third kappa shape index (κ3) is 5.24. The molecule has 0 spiro atoms. The summed E-state index contributed by atoms with van der Waals surface area (Å²) >= 11 is 0. The molecule has 0 aliphatic carbocycles. The van der Waals surface area contributed by atoms with E-state index in [0.717, 1.165) is 11.1 Å². The van der Waals surface area contributed by atoms with Crippen LogP contribution in [0.3, 0.4) is 0 Å². The Morgan fingerprint density at radius 2 is 1.90 bits per heavy atom. The van der Waals surface area contributed by atoms with Gasteiger partial charge in [-0.15, -0.1) is 0 Å². The van der Waals surface area contributed by atoms with E-state index in [2.05, 4.69) is 10.3 Å². The average molecular weight is 423 g/mol. The molecule has 1 amide bonds. The lowest BCUT2D eigenvalue weighted by atomic mass is 10.1. The molecule has 2 aromatic carbocycles. The number of benzene rings is 2. The number of hydrogen-bond donors (Lipinski definition) is 2. The van der Waals surface area contributed by atoms with E-state index < -0.39 is 11.4 Å². The zero-order valence-electron chi connectivity index (χ0n) is 17.9. The Morgan fingerprint density at radius 1 is 1.13 bits per heavy atom. The van der Waals surface area contributed by atoms with Crippen molar-refractivity contribution in [2.75, 3.05) is 6.61 Å². The highest BCUT2D eigenvalue weighted by Gasteiger charge is 2.18. The normalized spacial score (nSPS) is 10.9. The Kier molecular flexibility index (Phi) is 6.97. The minimum atomic E-state index is -0.463. The molecule has 0 saturated heterocycles. The maximum absolute atomic E-state index is 13.8. The van der Waals surface area contributed by atoms with Crippen LogP contribution in [-0.4, -0.2) is 27.2 Å². The van der Waals surface area contributed by atoms with Crippen LogP contribution in [0.4, 0.5) is 4.39 Å². The largest absolute Gasteiger partial charge is 0.396 e. The number of aliphatic hydroxyl groups excluding tert-OH is 1. The number of carbonyl (C=O) groups excluding carboxylic acids is 1.